The number of rotatable bonds is 7. The zero-order valence-electron chi connectivity index (χ0n) is 13.6. The van der Waals surface area contributed by atoms with Gasteiger partial charge in [-0.25, -0.2) is 0 Å². The Kier molecular flexibility index (Phi) is 6.36. The molecule has 23 heavy (non-hydrogen) atoms. The van der Waals surface area contributed by atoms with Crippen molar-refractivity contribution >= 4 is 12.1 Å². The Labute approximate surface area is 137 Å². The van der Waals surface area contributed by atoms with Gasteiger partial charge in [0, 0.05) is 18.7 Å². The summed E-state index contributed by atoms with van der Waals surface area (Å²) in [4.78, 5) is 19.3. The smallest absolute Gasteiger partial charge is 0.254 e. The molecule has 4 heteroatoms. The molecule has 2 aromatic carbocycles. The molecule has 2 rings (SSSR count). The molecule has 1 amide bonds. The highest BCUT2D eigenvalue weighted by Gasteiger charge is 2.15. The van der Waals surface area contributed by atoms with E-state index in [1.807, 2.05) is 59.5 Å². The van der Waals surface area contributed by atoms with Gasteiger partial charge in [0.2, 0.25) is 0 Å². The van der Waals surface area contributed by atoms with Crippen LogP contribution >= 0.6 is 0 Å². The topological polar surface area (TPSA) is 41.9 Å². The van der Waals surface area contributed by atoms with Gasteiger partial charge >= 0.3 is 0 Å². The first-order chi connectivity index (χ1) is 11.2. The van der Waals surface area contributed by atoms with Crippen molar-refractivity contribution in [3.05, 3.63) is 71.3 Å². The first-order valence-electron chi connectivity index (χ1n) is 7.74. The summed E-state index contributed by atoms with van der Waals surface area (Å²) in [5.74, 6) is 0.0472. The third-order valence-corrected chi connectivity index (χ3v) is 3.46. The van der Waals surface area contributed by atoms with E-state index < -0.39 is 0 Å². The molecule has 0 saturated heterocycles. The average Bonchev–Trinajstić information content (AvgIpc) is 2.60. The Hall–Kier alpha value is -2.62. The Balaban J connectivity index is 2.12. The maximum absolute atomic E-state index is 12.7. The monoisotopic (exact) mass is 310 g/mol. The Morgan fingerprint density at radius 1 is 1.13 bits per heavy atom. The van der Waals surface area contributed by atoms with Gasteiger partial charge in [-0.05, 0) is 29.7 Å². The van der Waals surface area contributed by atoms with E-state index in [0.717, 1.165) is 24.1 Å². The molecular weight excluding hydrogens is 288 g/mol. The summed E-state index contributed by atoms with van der Waals surface area (Å²) in [5, 5.41) is 3.72. The van der Waals surface area contributed by atoms with E-state index >= 15 is 0 Å². The van der Waals surface area contributed by atoms with E-state index in [2.05, 4.69) is 16.9 Å². The summed E-state index contributed by atoms with van der Waals surface area (Å²) in [6, 6.07) is 17.4. The lowest BCUT2D eigenvalue weighted by atomic mass is 10.1. The summed E-state index contributed by atoms with van der Waals surface area (Å²) in [6.07, 6.45) is 2.54. The van der Waals surface area contributed by atoms with Crippen molar-refractivity contribution < 1.29 is 9.63 Å². The zero-order chi connectivity index (χ0) is 16.5. The van der Waals surface area contributed by atoms with Crippen molar-refractivity contribution in [3.8, 4) is 0 Å². The van der Waals surface area contributed by atoms with E-state index in [9.17, 15) is 4.79 Å². The van der Waals surface area contributed by atoms with Crippen LogP contribution in [0.3, 0.4) is 0 Å². The van der Waals surface area contributed by atoms with Crippen LogP contribution in [0.1, 0.15) is 34.8 Å². The molecule has 4 nitrogen and oxygen atoms in total. The highest BCUT2D eigenvalue weighted by atomic mass is 16.6. The van der Waals surface area contributed by atoms with Crippen LogP contribution in [0.15, 0.2) is 59.8 Å². The molecule has 0 aliphatic rings. The number of amides is 1. The van der Waals surface area contributed by atoms with Crippen molar-refractivity contribution in [1.82, 2.24) is 4.90 Å². The number of nitrogens with zero attached hydrogens (tertiary/aromatic N) is 2. The van der Waals surface area contributed by atoms with Crippen LogP contribution < -0.4 is 0 Å². The summed E-state index contributed by atoms with van der Waals surface area (Å²) < 4.78 is 0. The van der Waals surface area contributed by atoms with Gasteiger partial charge in [-0.3, -0.25) is 4.79 Å². The molecule has 0 aliphatic heterocycles. The van der Waals surface area contributed by atoms with Gasteiger partial charge in [-0.15, -0.1) is 0 Å². The predicted octanol–water partition coefficient (Wildman–Crippen LogP) is 3.72. The number of carbonyl (C=O) groups excluding carboxylic acids is 1. The number of carbonyl (C=O) groups is 1. The summed E-state index contributed by atoms with van der Waals surface area (Å²) >= 11 is 0. The van der Waals surface area contributed by atoms with Crippen LogP contribution in [0.25, 0.3) is 0 Å². The van der Waals surface area contributed by atoms with E-state index in [1.165, 1.54) is 7.11 Å². The SMILES string of the molecule is CCCN(Cc1ccccc1)C(=O)c1ccc(C=NOC)cc1. The average molecular weight is 310 g/mol. The number of oxime groups is 1. The van der Waals surface area contributed by atoms with E-state index in [0.29, 0.717) is 12.1 Å². The molecule has 0 aliphatic carbocycles. The maximum Gasteiger partial charge on any atom is 0.254 e. The lowest BCUT2D eigenvalue weighted by molar-refractivity contribution is 0.0743. The first kappa shape index (κ1) is 16.7. The normalized spacial score (nSPS) is 10.7. The Morgan fingerprint density at radius 3 is 2.43 bits per heavy atom. The predicted molar refractivity (Wildman–Crippen MR) is 92.5 cm³/mol. The molecule has 0 saturated carbocycles. The van der Waals surface area contributed by atoms with Crippen LogP contribution in [0.2, 0.25) is 0 Å². The second-order valence-corrected chi connectivity index (χ2v) is 5.25. The number of hydrogen-bond donors (Lipinski definition) is 0. The second-order valence-electron chi connectivity index (χ2n) is 5.25. The third-order valence-electron chi connectivity index (χ3n) is 3.46. The lowest BCUT2D eigenvalue weighted by Gasteiger charge is -2.22. The number of hydrogen-bond acceptors (Lipinski definition) is 3. The summed E-state index contributed by atoms with van der Waals surface area (Å²) in [6.45, 7) is 3.44. The van der Waals surface area contributed by atoms with Crippen LogP contribution in [0.5, 0.6) is 0 Å². The van der Waals surface area contributed by atoms with Crippen molar-refractivity contribution in [1.29, 1.82) is 0 Å². The quantitative estimate of drug-likeness (QED) is 0.578. The van der Waals surface area contributed by atoms with E-state index in [1.54, 1.807) is 6.21 Å². The molecule has 0 radical (unpaired) electrons. The standard InChI is InChI=1S/C19H22N2O2/c1-3-13-21(15-17-7-5-4-6-8-17)19(22)18-11-9-16(10-12-18)14-20-23-2/h4-12,14H,3,13,15H2,1-2H3. The Morgan fingerprint density at radius 2 is 1.83 bits per heavy atom. The fraction of sp³-hybridized carbons (Fsp3) is 0.263. The highest BCUT2D eigenvalue weighted by molar-refractivity contribution is 5.95. The minimum absolute atomic E-state index is 0.0472. The van der Waals surface area contributed by atoms with Gasteiger partial charge in [0.05, 0.1) is 6.21 Å². The lowest BCUT2D eigenvalue weighted by Crippen LogP contribution is -2.31. The molecular formula is C19H22N2O2. The fourth-order valence-electron chi connectivity index (χ4n) is 2.33. The number of benzene rings is 2. The van der Waals surface area contributed by atoms with Gasteiger partial charge in [0.25, 0.3) is 5.91 Å². The maximum atomic E-state index is 12.7. The summed E-state index contributed by atoms with van der Waals surface area (Å²) in [7, 11) is 1.50. The molecule has 0 unspecified atom stereocenters. The zero-order valence-corrected chi connectivity index (χ0v) is 13.6. The van der Waals surface area contributed by atoms with Gasteiger partial charge in [0.1, 0.15) is 7.11 Å². The van der Waals surface area contributed by atoms with Gasteiger partial charge in [0.15, 0.2) is 0 Å². The minimum atomic E-state index is 0.0472. The molecule has 120 valence electrons. The molecule has 0 atom stereocenters. The molecule has 2 aromatic rings. The minimum Gasteiger partial charge on any atom is -0.399 e. The Bertz CT molecular complexity index is 636. The van der Waals surface area contributed by atoms with Crippen LogP contribution in [-0.4, -0.2) is 30.7 Å². The highest BCUT2D eigenvalue weighted by Crippen LogP contribution is 2.11. The van der Waals surface area contributed by atoms with Crippen LogP contribution in [0, 0.1) is 0 Å². The van der Waals surface area contributed by atoms with Gasteiger partial charge in [-0.1, -0.05) is 54.5 Å². The van der Waals surface area contributed by atoms with Gasteiger partial charge < -0.3 is 9.74 Å². The van der Waals surface area contributed by atoms with Crippen LogP contribution in [-0.2, 0) is 11.4 Å². The molecule has 0 bridgehead atoms. The molecule has 0 fully saturated rings. The van der Waals surface area contributed by atoms with Gasteiger partial charge in [-0.2, -0.15) is 0 Å². The van der Waals surface area contributed by atoms with Crippen LogP contribution in [0.4, 0.5) is 0 Å². The molecule has 0 aromatic heterocycles. The molecule has 0 N–H and O–H groups in total. The first-order valence-corrected chi connectivity index (χ1v) is 7.74. The van der Waals surface area contributed by atoms with Crippen molar-refractivity contribution in [3.63, 3.8) is 0 Å². The molecule has 0 heterocycles. The van der Waals surface area contributed by atoms with Crippen molar-refractivity contribution in [2.45, 2.75) is 19.9 Å². The van der Waals surface area contributed by atoms with Crippen molar-refractivity contribution in [2.24, 2.45) is 5.16 Å². The molecule has 0 spiro atoms. The largest absolute Gasteiger partial charge is 0.399 e. The fourth-order valence-corrected chi connectivity index (χ4v) is 2.33. The van der Waals surface area contributed by atoms with Crippen molar-refractivity contribution in [2.75, 3.05) is 13.7 Å². The second kappa shape index (κ2) is 8.73. The summed E-state index contributed by atoms with van der Waals surface area (Å²) in [5.41, 5.74) is 2.72. The van der Waals surface area contributed by atoms with E-state index in [4.69, 9.17) is 0 Å². The van der Waals surface area contributed by atoms with E-state index in [-0.39, 0.29) is 5.91 Å². The third kappa shape index (κ3) is 4.95.